The number of piperidine rings is 1. The number of aliphatic carboxylic acids is 1. The lowest BCUT2D eigenvalue weighted by atomic mass is 9.89. The van der Waals surface area contributed by atoms with E-state index in [1.54, 1.807) is 6.92 Å². The molecule has 1 heterocycles. The first-order valence-electron chi connectivity index (χ1n) is 6.38. The Balaban J connectivity index is 2.89. The van der Waals surface area contributed by atoms with Gasteiger partial charge in [0, 0.05) is 19.6 Å². The molecule has 0 saturated carbocycles. The van der Waals surface area contributed by atoms with Gasteiger partial charge in [0.1, 0.15) is 5.54 Å². The highest BCUT2D eigenvalue weighted by molar-refractivity contribution is 5.86. The van der Waals surface area contributed by atoms with Gasteiger partial charge in [-0.1, -0.05) is 0 Å². The van der Waals surface area contributed by atoms with Gasteiger partial charge >= 0.3 is 12.0 Å². The zero-order valence-corrected chi connectivity index (χ0v) is 11.1. The van der Waals surface area contributed by atoms with E-state index in [-0.39, 0.29) is 19.2 Å². The highest BCUT2D eigenvalue weighted by Crippen LogP contribution is 2.29. The van der Waals surface area contributed by atoms with Gasteiger partial charge in [-0.3, -0.25) is 0 Å². The molecule has 0 spiro atoms. The third-order valence-corrected chi connectivity index (χ3v) is 3.60. The highest BCUT2D eigenvalue weighted by atomic mass is 16.4. The molecule has 1 aliphatic heterocycles. The number of rotatable bonds is 4. The van der Waals surface area contributed by atoms with Crippen LogP contribution in [-0.2, 0) is 4.79 Å². The van der Waals surface area contributed by atoms with E-state index in [4.69, 9.17) is 5.11 Å². The van der Waals surface area contributed by atoms with E-state index in [0.29, 0.717) is 19.5 Å². The Bertz CT molecular complexity index is 321. The molecule has 1 atom stereocenters. The van der Waals surface area contributed by atoms with Gasteiger partial charge < -0.3 is 20.0 Å². The first kappa shape index (κ1) is 14.8. The monoisotopic (exact) mass is 258 g/mol. The molecule has 2 amide bonds. The quantitative estimate of drug-likeness (QED) is 0.779. The topological polar surface area (TPSA) is 81.1 Å². The third-order valence-electron chi connectivity index (χ3n) is 3.60. The summed E-state index contributed by atoms with van der Waals surface area (Å²) in [5.41, 5.74) is -1.13. The number of carboxylic acids is 1. The van der Waals surface area contributed by atoms with Gasteiger partial charge in [-0.05, 0) is 33.1 Å². The van der Waals surface area contributed by atoms with Gasteiger partial charge in [0.2, 0.25) is 0 Å². The van der Waals surface area contributed by atoms with E-state index >= 15 is 0 Å². The molecular weight excluding hydrogens is 236 g/mol. The molecule has 1 fully saturated rings. The van der Waals surface area contributed by atoms with Crippen LogP contribution < -0.4 is 0 Å². The molecule has 6 nitrogen and oxygen atoms in total. The van der Waals surface area contributed by atoms with Crippen molar-refractivity contribution in [2.24, 2.45) is 0 Å². The van der Waals surface area contributed by atoms with Gasteiger partial charge in [0.25, 0.3) is 0 Å². The van der Waals surface area contributed by atoms with Gasteiger partial charge in [0.15, 0.2) is 0 Å². The fourth-order valence-corrected chi connectivity index (χ4v) is 2.33. The second-order valence-electron chi connectivity index (χ2n) is 4.77. The van der Waals surface area contributed by atoms with E-state index in [9.17, 15) is 14.7 Å². The number of nitrogens with zero attached hydrogens (tertiary/aromatic N) is 2. The van der Waals surface area contributed by atoms with E-state index < -0.39 is 11.5 Å². The van der Waals surface area contributed by atoms with Crippen LogP contribution in [0.15, 0.2) is 0 Å². The molecule has 6 heteroatoms. The van der Waals surface area contributed by atoms with E-state index in [2.05, 4.69) is 0 Å². The predicted octanol–water partition coefficient (Wildman–Crippen LogP) is 0.750. The van der Waals surface area contributed by atoms with Crippen LogP contribution >= 0.6 is 0 Å². The second kappa shape index (κ2) is 6.04. The van der Waals surface area contributed by atoms with Crippen molar-refractivity contribution >= 4 is 12.0 Å². The van der Waals surface area contributed by atoms with Crippen LogP contribution in [0.5, 0.6) is 0 Å². The standard InChI is InChI=1S/C12H22N2O4/c1-3-13(8-9-15)11(18)14-7-5-4-6-12(14,2)10(16)17/h15H,3-9H2,1-2H3,(H,16,17). The summed E-state index contributed by atoms with van der Waals surface area (Å²) < 4.78 is 0. The molecule has 0 aliphatic carbocycles. The molecule has 0 aromatic carbocycles. The molecular formula is C12H22N2O4. The maximum absolute atomic E-state index is 12.3. The Morgan fingerprint density at radius 1 is 1.39 bits per heavy atom. The van der Waals surface area contributed by atoms with Crippen molar-refractivity contribution in [1.82, 2.24) is 9.80 Å². The summed E-state index contributed by atoms with van der Waals surface area (Å²) in [4.78, 5) is 26.6. The summed E-state index contributed by atoms with van der Waals surface area (Å²) in [5.74, 6) is -0.962. The average molecular weight is 258 g/mol. The lowest BCUT2D eigenvalue weighted by Crippen LogP contribution is -2.60. The van der Waals surface area contributed by atoms with E-state index in [0.717, 1.165) is 12.8 Å². The molecule has 104 valence electrons. The van der Waals surface area contributed by atoms with Crippen LogP contribution in [0.4, 0.5) is 4.79 Å². The number of urea groups is 1. The zero-order valence-electron chi connectivity index (χ0n) is 11.1. The number of carbonyl (C=O) groups is 2. The van der Waals surface area contributed by atoms with Crippen molar-refractivity contribution in [3.05, 3.63) is 0 Å². The van der Waals surface area contributed by atoms with Gasteiger partial charge in [0.05, 0.1) is 6.61 Å². The largest absolute Gasteiger partial charge is 0.480 e. The molecule has 0 bridgehead atoms. The number of likely N-dealkylation sites (tertiary alicyclic amines) is 1. The normalized spacial score (nSPS) is 23.8. The molecule has 18 heavy (non-hydrogen) atoms. The van der Waals surface area contributed by atoms with Gasteiger partial charge in [-0.25, -0.2) is 9.59 Å². The minimum atomic E-state index is -1.13. The molecule has 1 aliphatic rings. The van der Waals surface area contributed by atoms with Crippen molar-refractivity contribution in [2.75, 3.05) is 26.2 Å². The Kier molecular flexibility index (Phi) is 4.95. The number of likely N-dealkylation sites (N-methyl/N-ethyl adjacent to an activating group) is 1. The summed E-state index contributed by atoms with van der Waals surface area (Å²) >= 11 is 0. The number of aliphatic hydroxyl groups is 1. The number of carboxylic acid groups (broad SMARTS) is 1. The zero-order chi connectivity index (χ0) is 13.8. The lowest BCUT2D eigenvalue weighted by Gasteiger charge is -2.43. The van der Waals surface area contributed by atoms with Crippen LogP contribution in [0.1, 0.15) is 33.1 Å². The fourth-order valence-electron chi connectivity index (χ4n) is 2.33. The number of amides is 2. The van der Waals surface area contributed by atoms with Crippen molar-refractivity contribution in [3.8, 4) is 0 Å². The average Bonchev–Trinajstić information content (AvgIpc) is 2.35. The first-order chi connectivity index (χ1) is 8.47. The fraction of sp³-hybridized carbons (Fsp3) is 0.833. The van der Waals surface area contributed by atoms with Crippen LogP contribution in [0.25, 0.3) is 0 Å². The molecule has 2 N–H and O–H groups in total. The number of carbonyl (C=O) groups excluding carboxylic acids is 1. The van der Waals surface area contributed by atoms with E-state index in [1.807, 2.05) is 6.92 Å². The van der Waals surface area contributed by atoms with Crippen LogP contribution in [0, 0.1) is 0 Å². The highest BCUT2D eigenvalue weighted by Gasteiger charge is 2.44. The second-order valence-corrected chi connectivity index (χ2v) is 4.77. The SMILES string of the molecule is CCN(CCO)C(=O)N1CCCCC1(C)C(=O)O. The number of hydrogen-bond donors (Lipinski definition) is 2. The van der Waals surface area contributed by atoms with Crippen molar-refractivity contribution in [3.63, 3.8) is 0 Å². The molecule has 1 rings (SSSR count). The molecule has 1 unspecified atom stereocenters. The Labute approximate surface area is 107 Å². The summed E-state index contributed by atoms with van der Waals surface area (Å²) in [6.45, 7) is 4.46. The first-order valence-corrected chi connectivity index (χ1v) is 6.38. The molecule has 1 saturated heterocycles. The minimum Gasteiger partial charge on any atom is -0.480 e. The maximum atomic E-state index is 12.3. The van der Waals surface area contributed by atoms with Crippen LogP contribution in [0.2, 0.25) is 0 Å². The lowest BCUT2D eigenvalue weighted by molar-refractivity contribution is -0.150. The Morgan fingerprint density at radius 2 is 2.06 bits per heavy atom. The summed E-state index contributed by atoms with van der Waals surface area (Å²) in [6, 6.07) is -0.295. The Hall–Kier alpha value is -1.30. The summed E-state index contributed by atoms with van der Waals surface area (Å²) in [5, 5.41) is 18.3. The number of aliphatic hydroxyl groups excluding tert-OH is 1. The predicted molar refractivity (Wildman–Crippen MR) is 66.3 cm³/mol. The summed E-state index contributed by atoms with van der Waals surface area (Å²) in [6.07, 6.45) is 2.12. The smallest absolute Gasteiger partial charge is 0.329 e. The molecule has 0 radical (unpaired) electrons. The van der Waals surface area contributed by atoms with Gasteiger partial charge in [-0.15, -0.1) is 0 Å². The van der Waals surface area contributed by atoms with Crippen molar-refractivity contribution < 1.29 is 19.8 Å². The van der Waals surface area contributed by atoms with Crippen molar-refractivity contribution in [2.45, 2.75) is 38.6 Å². The van der Waals surface area contributed by atoms with Crippen LogP contribution in [-0.4, -0.2) is 63.8 Å². The maximum Gasteiger partial charge on any atom is 0.329 e. The summed E-state index contributed by atoms with van der Waals surface area (Å²) in [7, 11) is 0. The van der Waals surface area contributed by atoms with Gasteiger partial charge in [-0.2, -0.15) is 0 Å². The minimum absolute atomic E-state index is 0.114. The molecule has 0 aromatic heterocycles. The molecule has 0 aromatic rings. The van der Waals surface area contributed by atoms with Crippen LogP contribution in [0.3, 0.4) is 0 Å². The van der Waals surface area contributed by atoms with Crippen molar-refractivity contribution in [1.29, 1.82) is 0 Å². The Morgan fingerprint density at radius 3 is 2.56 bits per heavy atom. The number of hydrogen-bond acceptors (Lipinski definition) is 3. The van der Waals surface area contributed by atoms with E-state index in [1.165, 1.54) is 9.80 Å². The third kappa shape index (κ3) is 2.75.